The Morgan fingerprint density at radius 1 is 1.25 bits per heavy atom. The number of piperidine rings is 1. The maximum absolute atomic E-state index is 12.3. The Morgan fingerprint density at radius 3 is 2.75 bits per heavy atom. The molecule has 0 saturated carbocycles. The van der Waals surface area contributed by atoms with E-state index in [1.807, 2.05) is 12.1 Å². The molecule has 0 bridgehead atoms. The van der Waals surface area contributed by atoms with Gasteiger partial charge in [0.25, 0.3) is 5.56 Å². The molecular formula is C14H18N4O2. The van der Waals surface area contributed by atoms with Crippen LogP contribution in [0, 0.1) is 5.92 Å². The number of rotatable bonds is 3. The van der Waals surface area contributed by atoms with Crippen molar-refractivity contribution in [2.24, 2.45) is 5.92 Å². The molecule has 0 spiro atoms. The lowest BCUT2D eigenvalue weighted by Gasteiger charge is -2.30. The van der Waals surface area contributed by atoms with Gasteiger partial charge in [0.15, 0.2) is 0 Å². The molecule has 1 fully saturated rings. The monoisotopic (exact) mass is 274 g/mol. The van der Waals surface area contributed by atoms with Gasteiger partial charge in [-0.3, -0.25) is 9.69 Å². The molecule has 6 heteroatoms. The molecule has 3 rings (SSSR count). The third-order valence-corrected chi connectivity index (χ3v) is 3.93. The third kappa shape index (κ3) is 2.57. The number of aliphatic hydroxyl groups is 1. The maximum Gasteiger partial charge on any atom is 0.278 e. The lowest BCUT2D eigenvalue weighted by atomic mass is 9.98. The van der Waals surface area contributed by atoms with Crippen molar-refractivity contribution >= 4 is 10.9 Å². The minimum Gasteiger partial charge on any atom is -0.396 e. The normalized spacial score (nSPS) is 17.6. The van der Waals surface area contributed by atoms with Gasteiger partial charge in [0.05, 0.1) is 12.1 Å². The van der Waals surface area contributed by atoms with Crippen molar-refractivity contribution in [2.75, 3.05) is 19.7 Å². The Hall–Kier alpha value is -1.79. The molecular weight excluding hydrogens is 256 g/mol. The molecule has 106 valence electrons. The summed E-state index contributed by atoms with van der Waals surface area (Å²) in [6, 6.07) is 7.25. The van der Waals surface area contributed by atoms with Crippen LogP contribution in [0.2, 0.25) is 0 Å². The average molecular weight is 274 g/mol. The molecule has 1 aliphatic rings. The molecule has 1 aromatic carbocycles. The van der Waals surface area contributed by atoms with E-state index in [0.29, 0.717) is 23.5 Å². The summed E-state index contributed by atoms with van der Waals surface area (Å²) in [6.45, 7) is 2.48. The van der Waals surface area contributed by atoms with Crippen molar-refractivity contribution in [1.82, 2.24) is 19.9 Å². The fourth-order valence-corrected chi connectivity index (χ4v) is 2.62. The molecule has 2 heterocycles. The van der Waals surface area contributed by atoms with Gasteiger partial charge in [-0.2, -0.15) is 4.68 Å². The first-order chi connectivity index (χ1) is 9.78. The van der Waals surface area contributed by atoms with Crippen molar-refractivity contribution in [2.45, 2.75) is 19.5 Å². The summed E-state index contributed by atoms with van der Waals surface area (Å²) in [5.74, 6) is 0.394. The van der Waals surface area contributed by atoms with Gasteiger partial charge in [-0.25, -0.2) is 0 Å². The fourth-order valence-electron chi connectivity index (χ4n) is 2.62. The SMILES string of the molecule is O=c1c2ccccc2nnn1CN1CCC(CO)CC1. The minimum absolute atomic E-state index is 0.0973. The summed E-state index contributed by atoms with van der Waals surface area (Å²) in [5.41, 5.74) is 0.535. The van der Waals surface area contributed by atoms with Gasteiger partial charge in [0.2, 0.25) is 0 Å². The van der Waals surface area contributed by atoms with Crippen LogP contribution in [-0.4, -0.2) is 44.7 Å². The van der Waals surface area contributed by atoms with E-state index in [1.165, 1.54) is 4.68 Å². The predicted octanol–water partition coefficient (Wildman–Crippen LogP) is 0.453. The molecule has 0 aliphatic carbocycles. The minimum atomic E-state index is -0.0973. The van der Waals surface area contributed by atoms with E-state index in [1.54, 1.807) is 12.1 Å². The van der Waals surface area contributed by atoms with Crippen LogP contribution in [0.3, 0.4) is 0 Å². The van der Waals surface area contributed by atoms with E-state index in [0.717, 1.165) is 25.9 Å². The Labute approximate surface area is 116 Å². The molecule has 0 unspecified atom stereocenters. The zero-order valence-corrected chi connectivity index (χ0v) is 11.3. The van der Waals surface area contributed by atoms with E-state index >= 15 is 0 Å². The van der Waals surface area contributed by atoms with Crippen molar-refractivity contribution in [3.63, 3.8) is 0 Å². The second kappa shape index (κ2) is 5.68. The van der Waals surface area contributed by atoms with Crippen LogP contribution in [0.1, 0.15) is 12.8 Å². The highest BCUT2D eigenvalue weighted by molar-refractivity contribution is 5.76. The average Bonchev–Trinajstić information content (AvgIpc) is 2.51. The number of hydrogen-bond acceptors (Lipinski definition) is 5. The van der Waals surface area contributed by atoms with Gasteiger partial charge in [0, 0.05) is 19.7 Å². The lowest BCUT2D eigenvalue weighted by Crippen LogP contribution is -2.39. The number of hydrogen-bond donors (Lipinski definition) is 1. The first kappa shape index (κ1) is 13.2. The van der Waals surface area contributed by atoms with E-state index in [9.17, 15) is 4.79 Å². The van der Waals surface area contributed by atoms with Crippen LogP contribution in [0.15, 0.2) is 29.1 Å². The van der Waals surface area contributed by atoms with Gasteiger partial charge >= 0.3 is 0 Å². The summed E-state index contributed by atoms with van der Waals surface area (Å²) in [6.07, 6.45) is 1.93. The number of aliphatic hydroxyl groups excluding tert-OH is 1. The predicted molar refractivity (Wildman–Crippen MR) is 75.2 cm³/mol. The zero-order chi connectivity index (χ0) is 13.9. The van der Waals surface area contributed by atoms with E-state index in [-0.39, 0.29) is 12.2 Å². The van der Waals surface area contributed by atoms with Crippen LogP contribution in [0.4, 0.5) is 0 Å². The first-order valence-corrected chi connectivity index (χ1v) is 6.93. The Bertz CT molecular complexity index is 647. The van der Waals surface area contributed by atoms with Gasteiger partial charge in [-0.05, 0) is 30.9 Å². The maximum atomic E-state index is 12.3. The molecule has 0 amide bonds. The lowest BCUT2D eigenvalue weighted by molar-refractivity contribution is 0.104. The van der Waals surface area contributed by atoms with Crippen molar-refractivity contribution in [3.8, 4) is 0 Å². The third-order valence-electron chi connectivity index (χ3n) is 3.93. The quantitative estimate of drug-likeness (QED) is 0.880. The summed E-state index contributed by atoms with van der Waals surface area (Å²) in [4.78, 5) is 14.5. The molecule has 1 aromatic heterocycles. The van der Waals surface area contributed by atoms with Crippen LogP contribution < -0.4 is 5.56 Å². The van der Waals surface area contributed by atoms with Crippen molar-refractivity contribution < 1.29 is 5.11 Å². The molecule has 1 saturated heterocycles. The van der Waals surface area contributed by atoms with E-state index in [4.69, 9.17) is 5.11 Å². The Kier molecular flexibility index (Phi) is 3.75. The van der Waals surface area contributed by atoms with Crippen molar-refractivity contribution in [1.29, 1.82) is 0 Å². The van der Waals surface area contributed by atoms with Crippen LogP contribution in [0.5, 0.6) is 0 Å². The second-order valence-electron chi connectivity index (χ2n) is 5.30. The molecule has 2 aromatic rings. The number of fused-ring (bicyclic) bond motifs is 1. The summed E-state index contributed by atoms with van der Waals surface area (Å²) in [5, 5.41) is 17.8. The molecule has 1 N–H and O–H groups in total. The van der Waals surface area contributed by atoms with Gasteiger partial charge < -0.3 is 5.11 Å². The number of nitrogens with zero attached hydrogens (tertiary/aromatic N) is 4. The topological polar surface area (TPSA) is 71.2 Å². The number of benzene rings is 1. The van der Waals surface area contributed by atoms with Gasteiger partial charge in [-0.1, -0.05) is 17.3 Å². The highest BCUT2D eigenvalue weighted by atomic mass is 16.3. The summed E-state index contributed by atoms with van der Waals surface area (Å²) >= 11 is 0. The highest BCUT2D eigenvalue weighted by Crippen LogP contribution is 2.16. The smallest absolute Gasteiger partial charge is 0.278 e. The summed E-state index contributed by atoms with van der Waals surface area (Å²) in [7, 11) is 0. The van der Waals surface area contributed by atoms with Gasteiger partial charge in [0.1, 0.15) is 5.52 Å². The Morgan fingerprint density at radius 2 is 2.00 bits per heavy atom. The standard InChI is InChI=1S/C14H18N4O2/c19-9-11-5-7-17(8-6-11)10-18-14(20)12-3-1-2-4-13(12)15-16-18/h1-4,11,19H,5-10H2. The molecule has 0 radical (unpaired) electrons. The zero-order valence-electron chi connectivity index (χ0n) is 11.3. The number of likely N-dealkylation sites (tertiary alicyclic amines) is 1. The van der Waals surface area contributed by atoms with E-state index in [2.05, 4.69) is 15.2 Å². The van der Waals surface area contributed by atoms with Crippen LogP contribution in [-0.2, 0) is 6.67 Å². The second-order valence-corrected chi connectivity index (χ2v) is 5.30. The largest absolute Gasteiger partial charge is 0.396 e. The summed E-state index contributed by atoms with van der Waals surface area (Å²) < 4.78 is 1.42. The molecule has 0 atom stereocenters. The Balaban J connectivity index is 1.78. The molecule has 6 nitrogen and oxygen atoms in total. The van der Waals surface area contributed by atoms with Crippen LogP contribution in [0.25, 0.3) is 10.9 Å². The van der Waals surface area contributed by atoms with Crippen LogP contribution >= 0.6 is 0 Å². The molecule has 1 aliphatic heterocycles. The molecule has 20 heavy (non-hydrogen) atoms. The number of aromatic nitrogens is 3. The highest BCUT2D eigenvalue weighted by Gasteiger charge is 2.19. The first-order valence-electron chi connectivity index (χ1n) is 6.93. The van der Waals surface area contributed by atoms with E-state index < -0.39 is 0 Å². The van der Waals surface area contributed by atoms with Gasteiger partial charge in [-0.15, -0.1) is 5.10 Å². The van der Waals surface area contributed by atoms with Crippen molar-refractivity contribution in [3.05, 3.63) is 34.6 Å². The fraction of sp³-hybridized carbons (Fsp3) is 0.500.